The summed E-state index contributed by atoms with van der Waals surface area (Å²) in [4.78, 5) is 15.4. The molecule has 2 aromatic rings. The van der Waals surface area contributed by atoms with E-state index < -0.39 is 5.97 Å². The van der Waals surface area contributed by atoms with Gasteiger partial charge in [-0.15, -0.1) is 11.3 Å². The number of carboxylic acid groups (broad SMARTS) is 1. The molecule has 1 N–H and O–H groups in total. The Balaban J connectivity index is 2.43. The van der Waals surface area contributed by atoms with Crippen LogP contribution in [0.5, 0.6) is 0 Å². The van der Waals surface area contributed by atoms with Gasteiger partial charge in [-0.2, -0.15) is 0 Å². The Hall–Kier alpha value is -1.66. The maximum absolute atomic E-state index is 11.0. The van der Waals surface area contributed by atoms with E-state index >= 15 is 0 Å². The van der Waals surface area contributed by atoms with Crippen molar-refractivity contribution < 1.29 is 19.1 Å². The second-order valence-corrected chi connectivity index (χ2v) is 4.44. The van der Waals surface area contributed by atoms with Crippen LogP contribution in [0.3, 0.4) is 0 Å². The fourth-order valence-corrected chi connectivity index (χ4v) is 2.28. The van der Waals surface area contributed by atoms with Gasteiger partial charge in [0, 0.05) is 7.11 Å². The number of furan rings is 1. The standard InChI is InChI=1S/C11H11NO4S/c1-6-3-4-8(16-6)10-12-7(5-15-2)9(17-10)11(13)14/h3-4H,5H2,1-2H3,(H,13,14). The molecule has 2 heterocycles. The highest BCUT2D eigenvalue weighted by Crippen LogP contribution is 2.29. The van der Waals surface area contributed by atoms with Gasteiger partial charge in [0.1, 0.15) is 10.6 Å². The number of aryl methyl sites for hydroxylation is 1. The summed E-state index contributed by atoms with van der Waals surface area (Å²) in [6.45, 7) is 2.00. The fraction of sp³-hybridized carbons (Fsp3) is 0.273. The van der Waals surface area contributed by atoms with Gasteiger partial charge >= 0.3 is 5.97 Å². The van der Waals surface area contributed by atoms with Gasteiger partial charge in [-0.1, -0.05) is 0 Å². The summed E-state index contributed by atoms with van der Waals surface area (Å²) >= 11 is 1.09. The molecule has 0 bridgehead atoms. The van der Waals surface area contributed by atoms with E-state index in [9.17, 15) is 4.79 Å². The van der Waals surface area contributed by atoms with E-state index in [-0.39, 0.29) is 11.5 Å². The maximum Gasteiger partial charge on any atom is 0.347 e. The summed E-state index contributed by atoms with van der Waals surface area (Å²) in [6.07, 6.45) is 0. The second kappa shape index (κ2) is 4.68. The largest absolute Gasteiger partial charge is 0.477 e. The normalized spacial score (nSPS) is 10.7. The van der Waals surface area contributed by atoms with Gasteiger partial charge < -0.3 is 14.3 Å². The van der Waals surface area contributed by atoms with Crippen LogP contribution in [0.2, 0.25) is 0 Å². The van der Waals surface area contributed by atoms with Crippen LogP contribution in [0.25, 0.3) is 10.8 Å². The predicted molar refractivity (Wildman–Crippen MR) is 62.2 cm³/mol. The molecule has 0 spiro atoms. The lowest BCUT2D eigenvalue weighted by Crippen LogP contribution is -1.99. The molecule has 0 saturated heterocycles. The molecular weight excluding hydrogens is 242 g/mol. The van der Waals surface area contributed by atoms with Crippen LogP contribution in [0.15, 0.2) is 16.5 Å². The van der Waals surface area contributed by atoms with Crippen molar-refractivity contribution in [2.45, 2.75) is 13.5 Å². The molecule has 2 rings (SSSR count). The van der Waals surface area contributed by atoms with Crippen molar-refractivity contribution in [3.63, 3.8) is 0 Å². The molecule has 0 aromatic carbocycles. The molecule has 17 heavy (non-hydrogen) atoms. The van der Waals surface area contributed by atoms with Crippen molar-refractivity contribution in [2.75, 3.05) is 7.11 Å². The average molecular weight is 253 g/mol. The molecule has 5 nitrogen and oxygen atoms in total. The summed E-state index contributed by atoms with van der Waals surface area (Å²) < 4.78 is 10.3. The van der Waals surface area contributed by atoms with Gasteiger partial charge in [-0.25, -0.2) is 9.78 Å². The Labute approximate surface area is 102 Å². The van der Waals surface area contributed by atoms with Crippen molar-refractivity contribution in [2.24, 2.45) is 0 Å². The molecule has 0 aliphatic rings. The molecule has 0 aliphatic carbocycles. The minimum absolute atomic E-state index is 0.178. The third kappa shape index (κ3) is 2.37. The topological polar surface area (TPSA) is 72.6 Å². The number of thiazole rings is 1. The number of carboxylic acids is 1. The highest BCUT2D eigenvalue weighted by molar-refractivity contribution is 7.16. The Kier molecular flexibility index (Phi) is 3.26. The number of aromatic carboxylic acids is 1. The lowest BCUT2D eigenvalue weighted by atomic mass is 10.4. The van der Waals surface area contributed by atoms with Gasteiger partial charge in [-0.3, -0.25) is 0 Å². The number of nitrogens with zero attached hydrogens (tertiary/aromatic N) is 1. The molecular formula is C11H11NO4S. The number of carbonyl (C=O) groups is 1. The van der Waals surface area contributed by atoms with Crippen molar-refractivity contribution in [1.29, 1.82) is 0 Å². The van der Waals surface area contributed by atoms with E-state index in [2.05, 4.69) is 4.98 Å². The van der Waals surface area contributed by atoms with E-state index in [0.29, 0.717) is 16.5 Å². The molecule has 6 heteroatoms. The smallest absolute Gasteiger partial charge is 0.347 e. The Morgan fingerprint density at radius 2 is 2.35 bits per heavy atom. The van der Waals surface area contributed by atoms with Crippen molar-refractivity contribution in [1.82, 2.24) is 4.98 Å². The highest BCUT2D eigenvalue weighted by atomic mass is 32.1. The molecule has 0 radical (unpaired) electrons. The average Bonchev–Trinajstić information content (AvgIpc) is 2.85. The van der Waals surface area contributed by atoms with Crippen LogP contribution in [0.4, 0.5) is 0 Å². The lowest BCUT2D eigenvalue weighted by Gasteiger charge is -1.94. The first-order chi connectivity index (χ1) is 8.11. The van der Waals surface area contributed by atoms with Gasteiger partial charge in [-0.05, 0) is 19.1 Å². The maximum atomic E-state index is 11.0. The van der Waals surface area contributed by atoms with E-state index in [1.807, 2.05) is 13.0 Å². The monoisotopic (exact) mass is 253 g/mol. The fourth-order valence-electron chi connectivity index (χ4n) is 1.41. The van der Waals surface area contributed by atoms with Gasteiger partial charge in [0.25, 0.3) is 0 Å². The molecule has 0 aliphatic heterocycles. The number of aromatic nitrogens is 1. The van der Waals surface area contributed by atoms with Crippen LogP contribution in [-0.4, -0.2) is 23.2 Å². The van der Waals surface area contributed by atoms with E-state index in [1.54, 1.807) is 6.07 Å². The lowest BCUT2D eigenvalue weighted by molar-refractivity contribution is 0.0697. The summed E-state index contributed by atoms with van der Waals surface area (Å²) in [5.74, 6) is 0.349. The third-order valence-electron chi connectivity index (χ3n) is 2.12. The first-order valence-electron chi connectivity index (χ1n) is 4.90. The van der Waals surface area contributed by atoms with Crippen molar-refractivity contribution in [3.05, 3.63) is 28.5 Å². The number of hydrogen-bond acceptors (Lipinski definition) is 5. The van der Waals surface area contributed by atoms with Crippen LogP contribution < -0.4 is 0 Å². The molecule has 0 fully saturated rings. The summed E-state index contributed by atoms with van der Waals surface area (Å²) in [7, 11) is 1.50. The van der Waals surface area contributed by atoms with Crippen LogP contribution in [0, 0.1) is 6.92 Å². The van der Waals surface area contributed by atoms with Crippen LogP contribution in [-0.2, 0) is 11.3 Å². The van der Waals surface area contributed by atoms with Crippen LogP contribution in [0.1, 0.15) is 21.1 Å². The zero-order valence-electron chi connectivity index (χ0n) is 9.39. The summed E-state index contributed by atoms with van der Waals surface area (Å²) in [5, 5.41) is 9.60. The predicted octanol–water partition coefficient (Wildman–Crippen LogP) is 2.56. The van der Waals surface area contributed by atoms with Gasteiger partial charge in [0.15, 0.2) is 10.8 Å². The number of rotatable bonds is 4. The first-order valence-corrected chi connectivity index (χ1v) is 5.72. The van der Waals surface area contributed by atoms with Gasteiger partial charge in [0.2, 0.25) is 0 Å². The second-order valence-electron chi connectivity index (χ2n) is 3.44. The molecule has 0 unspecified atom stereocenters. The van der Waals surface area contributed by atoms with Crippen molar-refractivity contribution >= 4 is 17.3 Å². The van der Waals surface area contributed by atoms with Crippen molar-refractivity contribution in [3.8, 4) is 10.8 Å². The molecule has 90 valence electrons. The first kappa shape index (κ1) is 11.8. The number of hydrogen-bond donors (Lipinski definition) is 1. The SMILES string of the molecule is COCc1nc(-c2ccc(C)o2)sc1C(=O)O. The van der Waals surface area contributed by atoms with E-state index in [4.69, 9.17) is 14.3 Å². The Morgan fingerprint density at radius 3 is 2.88 bits per heavy atom. The number of ether oxygens (including phenoxy) is 1. The van der Waals surface area contributed by atoms with Crippen LogP contribution >= 0.6 is 11.3 Å². The summed E-state index contributed by atoms with van der Waals surface area (Å²) in [5.41, 5.74) is 0.425. The molecule has 0 amide bonds. The van der Waals surface area contributed by atoms with E-state index in [0.717, 1.165) is 17.1 Å². The zero-order chi connectivity index (χ0) is 12.4. The minimum Gasteiger partial charge on any atom is -0.477 e. The minimum atomic E-state index is -0.996. The van der Waals surface area contributed by atoms with E-state index in [1.165, 1.54) is 7.11 Å². The quantitative estimate of drug-likeness (QED) is 0.906. The Morgan fingerprint density at radius 1 is 1.59 bits per heavy atom. The number of methoxy groups -OCH3 is 1. The highest BCUT2D eigenvalue weighted by Gasteiger charge is 2.19. The Bertz CT molecular complexity index is 543. The molecule has 2 aromatic heterocycles. The summed E-state index contributed by atoms with van der Waals surface area (Å²) in [6, 6.07) is 3.59. The third-order valence-corrected chi connectivity index (χ3v) is 3.22. The van der Waals surface area contributed by atoms with Gasteiger partial charge in [0.05, 0.1) is 12.3 Å². The zero-order valence-corrected chi connectivity index (χ0v) is 10.2. The molecule has 0 atom stereocenters. The molecule has 0 saturated carbocycles.